The maximum Gasteiger partial charge on any atom is 0.227 e. The number of rotatable bonds is 3. The molecule has 1 fully saturated rings. The predicted octanol–water partition coefficient (Wildman–Crippen LogP) is 2.07. The second-order valence-electron chi connectivity index (χ2n) is 6.01. The van der Waals surface area contributed by atoms with E-state index < -0.39 is 0 Å². The Morgan fingerprint density at radius 3 is 2.56 bits per heavy atom. The van der Waals surface area contributed by atoms with Gasteiger partial charge in [0.1, 0.15) is 0 Å². The van der Waals surface area contributed by atoms with E-state index in [1.807, 2.05) is 20.8 Å². The fraction of sp³-hybridized carbons (Fsp3) is 0.923. The van der Waals surface area contributed by atoms with Crippen molar-refractivity contribution in [1.82, 2.24) is 10.6 Å². The first-order valence-electron chi connectivity index (χ1n) is 6.43. The molecule has 0 aromatic rings. The van der Waals surface area contributed by atoms with Crippen molar-refractivity contribution in [3.05, 3.63) is 0 Å². The van der Waals surface area contributed by atoms with Crippen LogP contribution in [0, 0.1) is 5.41 Å². The Balaban J connectivity index is 2.72. The SMILES string of the molecule is CCCC1(C(=O)NC(C)(C)C)CCCNC1. The van der Waals surface area contributed by atoms with Gasteiger partial charge in [0.15, 0.2) is 0 Å². The van der Waals surface area contributed by atoms with E-state index >= 15 is 0 Å². The van der Waals surface area contributed by atoms with Crippen molar-refractivity contribution in [3.8, 4) is 0 Å². The third-order valence-corrected chi connectivity index (χ3v) is 3.17. The Bertz CT molecular complexity index is 231. The van der Waals surface area contributed by atoms with Gasteiger partial charge in [0.2, 0.25) is 5.91 Å². The van der Waals surface area contributed by atoms with Gasteiger partial charge in [0, 0.05) is 12.1 Å². The minimum Gasteiger partial charge on any atom is -0.351 e. The lowest BCUT2D eigenvalue weighted by atomic mass is 9.75. The van der Waals surface area contributed by atoms with E-state index in [4.69, 9.17) is 0 Å². The average molecular weight is 226 g/mol. The largest absolute Gasteiger partial charge is 0.351 e. The Labute approximate surface area is 99.4 Å². The molecule has 3 nitrogen and oxygen atoms in total. The molecule has 1 heterocycles. The molecule has 1 saturated heterocycles. The fourth-order valence-corrected chi connectivity index (χ4v) is 2.44. The molecule has 16 heavy (non-hydrogen) atoms. The molecule has 1 aliphatic heterocycles. The van der Waals surface area contributed by atoms with Gasteiger partial charge in [-0.1, -0.05) is 13.3 Å². The van der Waals surface area contributed by atoms with Crippen LogP contribution in [0.25, 0.3) is 0 Å². The Kier molecular flexibility index (Phi) is 4.36. The molecule has 2 N–H and O–H groups in total. The van der Waals surface area contributed by atoms with Gasteiger partial charge in [-0.15, -0.1) is 0 Å². The Hall–Kier alpha value is -0.570. The summed E-state index contributed by atoms with van der Waals surface area (Å²) in [5.41, 5.74) is -0.296. The molecule has 1 amide bonds. The van der Waals surface area contributed by atoms with E-state index in [1.54, 1.807) is 0 Å². The number of piperidine rings is 1. The minimum atomic E-state index is -0.166. The summed E-state index contributed by atoms with van der Waals surface area (Å²) in [6.07, 6.45) is 4.19. The van der Waals surface area contributed by atoms with Gasteiger partial charge in [-0.3, -0.25) is 4.79 Å². The summed E-state index contributed by atoms with van der Waals surface area (Å²) in [7, 11) is 0. The second kappa shape index (κ2) is 5.17. The highest BCUT2D eigenvalue weighted by Crippen LogP contribution is 2.32. The van der Waals surface area contributed by atoms with Crippen LogP contribution in [-0.4, -0.2) is 24.5 Å². The summed E-state index contributed by atoms with van der Waals surface area (Å²) < 4.78 is 0. The molecule has 1 aliphatic rings. The molecule has 1 atom stereocenters. The topological polar surface area (TPSA) is 41.1 Å². The van der Waals surface area contributed by atoms with Crippen molar-refractivity contribution in [3.63, 3.8) is 0 Å². The summed E-state index contributed by atoms with van der Waals surface area (Å²) in [5, 5.41) is 6.50. The molecule has 0 bridgehead atoms. The highest BCUT2D eigenvalue weighted by molar-refractivity contribution is 5.83. The van der Waals surface area contributed by atoms with Crippen LogP contribution in [0.5, 0.6) is 0 Å². The summed E-state index contributed by atoms with van der Waals surface area (Å²) in [5.74, 6) is 0.231. The smallest absolute Gasteiger partial charge is 0.227 e. The standard InChI is InChI=1S/C13H26N2O/c1-5-7-13(8-6-9-14-10-13)11(16)15-12(2,3)4/h14H,5-10H2,1-4H3,(H,15,16). The number of hydrogen-bond donors (Lipinski definition) is 2. The summed E-state index contributed by atoms with van der Waals surface area (Å²) in [6.45, 7) is 10.2. The van der Waals surface area contributed by atoms with Crippen molar-refractivity contribution in [2.24, 2.45) is 5.41 Å². The highest BCUT2D eigenvalue weighted by atomic mass is 16.2. The number of carbonyl (C=O) groups is 1. The molecule has 1 unspecified atom stereocenters. The molecule has 0 saturated carbocycles. The van der Waals surface area contributed by atoms with E-state index in [-0.39, 0.29) is 16.9 Å². The summed E-state index contributed by atoms with van der Waals surface area (Å²) in [6, 6.07) is 0. The number of hydrogen-bond acceptors (Lipinski definition) is 2. The van der Waals surface area contributed by atoms with Gasteiger partial charge >= 0.3 is 0 Å². The lowest BCUT2D eigenvalue weighted by molar-refractivity contribution is -0.134. The van der Waals surface area contributed by atoms with E-state index in [2.05, 4.69) is 17.6 Å². The van der Waals surface area contributed by atoms with E-state index in [0.29, 0.717) is 0 Å². The maximum absolute atomic E-state index is 12.4. The maximum atomic E-state index is 12.4. The number of carbonyl (C=O) groups excluding carboxylic acids is 1. The van der Waals surface area contributed by atoms with Crippen molar-refractivity contribution in [2.45, 2.75) is 58.9 Å². The molecule has 0 radical (unpaired) electrons. The molecular weight excluding hydrogens is 200 g/mol. The van der Waals surface area contributed by atoms with Crippen LogP contribution in [0.1, 0.15) is 53.4 Å². The normalized spacial score (nSPS) is 26.5. The van der Waals surface area contributed by atoms with Gasteiger partial charge in [-0.05, 0) is 46.6 Å². The minimum absolute atomic E-state index is 0.130. The van der Waals surface area contributed by atoms with Crippen LogP contribution in [0.3, 0.4) is 0 Å². The van der Waals surface area contributed by atoms with Crippen LogP contribution >= 0.6 is 0 Å². The second-order valence-corrected chi connectivity index (χ2v) is 6.01. The predicted molar refractivity (Wildman–Crippen MR) is 67.3 cm³/mol. The summed E-state index contributed by atoms with van der Waals surface area (Å²) >= 11 is 0. The quantitative estimate of drug-likeness (QED) is 0.773. The fourth-order valence-electron chi connectivity index (χ4n) is 2.44. The van der Waals surface area contributed by atoms with E-state index in [9.17, 15) is 4.79 Å². The molecule has 0 aliphatic carbocycles. The van der Waals surface area contributed by atoms with Gasteiger partial charge < -0.3 is 10.6 Å². The van der Waals surface area contributed by atoms with Crippen LogP contribution < -0.4 is 10.6 Å². The lowest BCUT2D eigenvalue weighted by Gasteiger charge is -2.38. The van der Waals surface area contributed by atoms with Crippen molar-refractivity contribution in [2.75, 3.05) is 13.1 Å². The van der Waals surface area contributed by atoms with Crippen molar-refractivity contribution >= 4 is 5.91 Å². The number of amides is 1. The molecule has 0 aromatic carbocycles. The van der Waals surface area contributed by atoms with Crippen LogP contribution in [0.4, 0.5) is 0 Å². The van der Waals surface area contributed by atoms with Gasteiger partial charge in [0.05, 0.1) is 5.41 Å². The average Bonchev–Trinajstić information content (AvgIpc) is 2.17. The van der Waals surface area contributed by atoms with Crippen molar-refractivity contribution in [1.29, 1.82) is 0 Å². The first-order chi connectivity index (χ1) is 7.40. The zero-order chi connectivity index (χ0) is 12.2. The van der Waals surface area contributed by atoms with Gasteiger partial charge in [-0.2, -0.15) is 0 Å². The molecular formula is C13H26N2O. The molecule has 0 aromatic heterocycles. The molecule has 0 spiro atoms. The van der Waals surface area contributed by atoms with Crippen molar-refractivity contribution < 1.29 is 4.79 Å². The van der Waals surface area contributed by atoms with Crippen LogP contribution in [-0.2, 0) is 4.79 Å². The first kappa shape index (κ1) is 13.5. The monoisotopic (exact) mass is 226 g/mol. The highest BCUT2D eigenvalue weighted by Gasteiger charge is 2.39. The molecule has 1 rings (SSSR count). The third kappa shape index (κ3) is 3.48. The van der Waals surface area contributed by atoms with E-state index in [1.165, 1.54) is 0 Å². The molecule has 94 valence electrons. The first-order valence-corrected chi connectivity index (χ1v) is 6.43. The Morgan fingerprint density at radius 2 is 2.12 bits per heavy atom. The third-order valence-electron chi connectivity index (χ3n) is 3.17. The van der Waals surface area contributed by atoms with Gasteiger partial charge in [-0.25, -0.2) is 0 Å². The lowest BCUT2D eigenvalue weighted by Crippen LogP contribution is -2.54. The zero-order valence-corrected chi connectivity index (χ0v) is 11.2. The van der Waals surface area contributed by atoms with E-state index in [0.717, 1.165) is 38.8 Å². The van der Waals surface area contributed by atoms with Crippen LogP contribution in [0.2, 0.25) is 0 Å². The summed E-state index contributed by atoms with van der Waals surface area (Å²) in [4.78, 5) is 12.4. The molecule has 3 heteroatoms. The van der Waals surface area contributed by atoms with Gasteiger partial charge in [0.25, 0.3) is 0 Å². The number of nitrogens with one attached hydrogen (secondary N) is 2. The zero-order valence-electron chi connectivity index (χ0n) is 11.2. The Morgan fingerprint density at radius 1 is 1.44 bits per heavy atom. The van der Waals surface area contributed by atoms with Crippen LogP contribution in [0.15, 0.2) is 0 Å².